The van der Waals surface area contributed by atoms with E-state index in [1.807, 2.05) is 52.0 Å². The van der Waals surface area contributed by atoms with Crippen LogP contribution in [0, 0.1) is 17.0 Å². The first-order chi connectivity index (χ1) is 9.21. The van der Waals surface area contributed by atoms with Gasteiger partial charge in [-0.3, -0.25) is 10.1 Å². The van der Waals surface area contributed by atoms with Crippen molar-refractivity contribution in [2.45, 2.75) is 33.1 Å². The van der Waals surface area contributed by atoms with Gasteiger partial charge in [-0.2, -0.15) is 5.10 Å². The summed E-state index contributed by atoms with van der Waals surface area (Å²) in [6.07, 6.45) is 0. The Morgan fingerprint density at radius 3 is 2.20 bits per heavy atom. The molecule has 1 aromatic heterocycles. The largest absolute Gasteiger partial charge is 0.378 e. The van der Waals surface area contributed by atoms with E-state index in [1.54, 1.807) is 0 Å². The molecule has 0 aliphatic carbocycles. The van der Waals surface area contributed by atoms with E-state index in [0.29, 0.717) is 11.4 Å². The number of benzene rings is 1. The molecular weight excluding hydrogens is 256 g/mol. The molecule has 2 rings (SSSR count). The summed E-state index contributed by atoms with van der Waals surface area (Å²) >= 11 is 0. The molecule has 0 aliphatic heterocycles. The molecule has 2 aromatic rings. The molecular formula is C14H18N4O2. The average Bonchev–Trinajstić information content (AvgIpc) is 2.68. The first-order valence-electron chi connectivity index (χ1n) is 6.32. The van der Waals surface area contributed by atoms with Crippen LogP contribution in [-0.2, 0) is 5.41 Å². The van der Waals surface area contributed by atoms with Crippen molar-refractivity contribution >= 4 is 11.5 Å². The van der Waals surface area contributed by atoms with E-state index in [9.17, 15) is 10.1 Å². The number of aromatic nitrogens is 2. The minimum atomic E-state index is -0.465. The van der Waals surface area contributed by atoms with Crippen LogP contribution in [0.25, 0.3) is 5.69 Å². The Morgan fingerprint density at radius 1 is 1.25 bits per heavy atom. The maximum absolute atomic E-state index is 11.3. The van der Waals surface area contributed by atoms with Crippen LogP contribution in [0.15, 0.2) is 24.3 Å². The molecule has 2 N–H and O–H groups in total. The SMILES string of the molecule is Cc1ccc(-n2nc(C(C)(C)C)c([N+](=O)[O-])c2N)cc1. The number of aryl methyl sites for hydroxylation is 1. The molecule has 0 bridgehead atoms. The summed E-state index contributed by atoms with van der Waals surface area (Å²) in [5, 5.41) is 15.6. The van der Waals surface area contributed by atoms with Crippen molar-refractivity contribution < 1.29 is 4.92 Å². The van der Waals surface area contributed by atoms with Crippen molar-refractivity contribution in [3.63, 3.8) is 0 Å². The minimum absolute atomic E-state index is 0.0591. The summed E-state index contributed by atoms with van der Waals surface area (Å²) in [7, 11) is 0. The Labute approximate surface area is 117 Å². The fraction of sp³-hybridized carbons (Fsp3) is 0.357. The standard InChI is InChI=1S/C14H18N4O2/c1-9-5-7-10(8-6-9)17-13(15)11(18(19)20)12(16-17)14(2,3)4/h5-8H,15H2,1-4H3. The van der Waals surface area contributed by atoms with Crippen LogP contribution in [0.5, 0.6) is 0 Å². The smallest absolute Gasteiger partial charge is 0.334 e. The number of hydrogen-bond donors (Lipinski definition) is 1. The topological polar surface area (TPSA) is 87.0 Å². The second-order valence-electron chi connectivity index (χ2n) is 5.84. The van der Waals surface area contributed by atoms with E-state index in [1.165, 1.54) is 4.68 Å². The molecule has 1 aromatic carbocycles. The Kier molecular flexibility index (Phi) is 3.25. The highest BCUT2D eigenvalue weighted by Gasteiger charge is 2.33. The van der Waals surface area contributed by atoms with Crippen LogP contribution in [0.4, 0.5) is 11.5 Å². The molecule has 0 aliphatic rings. The lowest BCUT2D eigenvalue weighted by Gasteiger charge is -2.13. The highest BCUT2D eigenvalue weighted by Crippen LogP contribution is 2.36. The van der Waals surface area contributed by atoms with Crippen molar-refractivity contribution in [3.05, 3.63) is 45.6 Å². The molecule has 0 unspecified atom stereocenters. The molecule has 0 fully saturated rings. The Balaban J connectivity index is 2.67. The minimum Gasteiger partial charge on any atom is -0.378 e. The third kappa shape index (κ3) is 2.36. The van der Waals surface area contributed by atoms with Gasteiger partial charge in [-0.1, -0.05) is 38.5 Å². The Bertz CT molecular complexity index is 651. The van der Waals surface area contributed by atoms with Gasteiger partial charge in [-0.05, 0) is 19.1 Å². The highest BCUT2D eigenvalue weighted by atomic mass is 16.6. The second kappa shape index (κ2) is 4.63. The zero-order chi connectivity index (χ0) is 15.1. The number of nitro groups is 1. The maximum atomic E-state index is 11.3. The normalized spacial score (nSPS) is 11.6. The lowest BCUT2D eigenvalue weighted by molar-refractivity contribution is -0.385. The number of nitrogen functional groups attached to an aromatic ring is 1. The zero-order valence-electron chi connectivity index (χ0n) is 12.0. The van der Waals surface area contributed by atoms with Gasteiger partial charge in [0.15, 0.2) is 0 Å². The number of anilines is 1. The summed E-state index contributed by atoms with van der Waals surface area (Å²) in [4.78, 5) is 10.8. The van der Waals surface area contributed by atoms with Crippen LogP contribution in [-0.4, -0.2) is 14.7 Å². The molecule has 106 valence electrons. The van der Waals surface area contributed by atoms with Gasteiger partial charge in [0.2, 0.25) is 5.82 Å². The third-order valence-electron chi connectivity index (χ3n) is 3.07. The van der Waals surface area contributed by atoms with Gasteiger partial charge in [0.05, 0.1) is 10.6 Å². The predicted octanol–water partition coefficient (Wildman–Crippen LogP) is 2.97. The molecule has 0 radical (unpaired) electrons. The number of nitrogens with two attached hydrogens (primary N) is 1. The van der Waals surface area contributed by atoms with Crippen LogP contribution in [0.1, 0.15) is 32.0 Å². The Hall–Kier alpha value is -2.37. The Morgan fingerprint density at radius 2 is 1.80 bits per heavy atom. The predicted molar refractivity (Wildman–Crippen MR) is 78.1 cm³/mol. The van der Waals surface area contributed by atoms with Crippen LogP contribution < -0.4 is 5.73 Å². The van der Waals surface area contributed by atoms with Crippen molar-refractivity contribution in [2.24, 2.45) is 0 Å². The van der Waals surface area contributed by atoms with Crippen molar-refractivity contribution in [1.82, 2.24) is 9.78 Å². The fourth-order valence-electron chi connectivity index (χ4n) is 1.99. The van der Waals surface area contributed by atoms with E-state index in [2.05, 4.69) is 5.10 Å². The molecule has 0 atom stereocenters. The van der Waals surface area contributed by atoms with Crippen molar-refractivity contribution in [3.8, 4) is 5.69 Å². The van der Waals surface area contributed by atoms with Gasteiger partial charge < -0.3 is 5.73 Å². The molecule has 6 heteroatoms. The van der Waals surface area contributed by atoms with E-state index in [0.717, 1.165) is 5.56 Å². The zero-order valence-corrected chi connectivity index (χ0v) is 12.0. The van der Waals surface area contributed by atoms with Gasteiger partial charge in [-0.15, -0.1) is 0 Å². The number of hydrogen-bond acceptors (Lipinski definition) is 4. The first kappa shape index (κ1) is 14.0. The molecule has 0 saturated carbocycles. The first-order valence-corrected chi connectivity index (χ1v) is 6.32. The van der Waals surface area contributed by atoms with Gasteiger partial charge in [0, 0.05) is 5.41 Å². The molecule has 6 nitrogen and oxygen atoms in total. The van der Waals surface area contributed by atoms with Gasteiger partial charge in [0.1, 0.15) is 5.69 Å². The third-order valence-corrected chi connectivity index (χ3v) is 3.07. The monoisotopic (exact) mass is 274 g/mol. The summed E-state index contributed by atoms with van der Waals surface area (Å²) in [5.41, 5.74) is 7.57. The lowest BCUT2D eigenvalue weighted by Crippen LogP contribution is -2.14. The van der Waals surface area contributed by atoms with Gasteiger partial charge in [-0.25, -0.2) is 4.68 Å². The van der Waals surface area contributed by atoms with E-state index < -0.39 is 10.3 Å². The van der Waals surface area contributed by atoms with Crippen LogP contribution in [0.2, 0.25) is 0 Å². The molecule has 0 spiro atoms. The quantitative estimate of drug-likeness (QED) is 0.673. The number of rotatable bonds is 2. The van der Waals surface area contributed by atoms with E-state index >= 15 is 0 Å². The van der Waals surface area contributed by atoms with Crippen LogP contribution in [0.3, 0.4) is 0 Å². The summed E-state index contributed by atoms with van der Waals surface area (Å²) in [5.74, 6) is 0.0591. The van der Waals surface area contributed by atoms with Crippen LogP contribution >= 0.6 is 0 Å². The van der Waals surface area contributed by atoms with Crippen molar-refractivity contribution in [1.29, 1.82) is 0 Å². The second-order valence-corrected chi connectivity index (χ2v) is 5.84. The maximum Gasteiger partial charge on any atom is 0.334 e. The number of nitrogens with zero attached hydrogens (tertiary/aromatic N) is 3. The van der Waals surface area contributed by atoms with Gasteiger partial charge in [0.25, 0.3) is 0 Å². The van der Waals surface area contributed by atoms with E-state index in [4.69, 9.17) is 5.73 Å². The molecule has 20 heavy (non-hydrogen) atoms. The van der Waals surface area contributed by atoms with Gasteiger partial charge >= 0.3 is 5.69 Å². The van der Waals surface area contributed by atoms with E-state index in [-0.39, 0.29) is 11.5 Å². The summed E-state index contributed by atoms with van der Waals surface area (Å²) < 4.78 is 1.43. The highest BCUT2D eigenvalue weighted by molar-refractivity contribution is 5.61. The summed E-state index contributed by atoms with van der Waals surface area (Å²) in [6, 6.07) is 7.52. The fourth-order valence-corrected chi connectivity index (χ4v) is 1.99. The lowest BCUT2D eigenvalue weighted by atomic mass is 9.91. The molecule has 0 amide bonds. The average molecular weight is 274 g/mol. The molecule has 0 saturated heterocycles. The molecule has 1 heterocycles. The summed E-state index contributed by atoms with van der Waals surface area (Å²) in [6.45, 7) is 7.60. The van der Waals surface area contributed by atoms with Crippen molar-refractivity contribution in [2.75, 3.05) is 5.73 Å².